The van der Waals surface area contributed by atoms with E-state index in [4.69, 9.17) is 14.7 Å². The van der Waals surface area contributed by atoms with Gasteiger partial charge < -0.3 is 14.6 Å². The van der Waals surface area contributed by atoms with Crippen LogP contribution in [-0.2, 0) is 4.74 Å². The summed E-state index contributed by atoms with van der Waals surface area (Å²) in [5.41, 5.74) is 0.567. The van der Waals surface area contributed by atoms with Crippen LogP contribution in [-0.4, -0.2) is 55.1 Å². The lowest BCUT2D eigenvalue weighted by atomic mass is 9.94. The Labute approximate surface area is 137 Å². The number of nitrogens with zero attached hydrogens (tertiary/aromatic N) is 2. The van der Waals surface area contributed by atoms with Crippen LogP contribution in [0.2, 0.25) is 0 Å². The van der Waals surface area contributed by atoms with Crippen LogP contribution >= 0.6 is 0 Å². The highest BCUT2D eigenvalue weighted by Crippen LogP contribution is 2.32. The molecule has 5 nitrogen and oxygen atoms in total. The van der Waals surface area contributed by atoms with Gasteiger partial charge in [-0.3, -0.25) is 4.90 Å². The molecule has 124 valence electrons. The zero-order valence-corrected chi connectivity index (χ0v) is 13.4. The smallest absolute Gasteiger partial charge is 0.137 e. The van der Waals surface area contributed by atoms with Gasteiger partial charge in [-0.05, 0) is 25.0 Å². The third kappa shape index (κ3) is 3.84. The van der Waals surface area contributed by atoms with Gasteiger partial charge in [0.05, 0.1) is 24.9 Å². The van der Waals surface area contributed by atoms with Crippen LogP contribution in [0.1, 0.15) is 24.8 Å². The van der Waals surface area contributed by atoms with Crippen LogP contribution < -0.4 is 4.74 Å². The number of aliphatic hydroxyl groups excluding tert-OH is 1. The number of ether oxygens (including phenoxy) is 2. The second-order valence-corrected chi connectivity index (χ2v) is 6.30. The second-order valence-electron chi connectivity index (χ2n) is 6.30. The third-order valence-electron chi connectivity index (χ3n) is 4.95. The van der Waals surface area contributed by atoms with Crippen molar-refractivity contribution in [2.45, 2.75) is 31.4 Å². The average Bonchev–Trinajstić information content (AvgIpc) is 3.01. The van der Waals surface area contributed by atoms with Crippen LogP contribution in [0, 0.1) is 17.2 Å². The van der Waals surface area contributed by atoms with E-state index < -0.39 is 0 Å². The Morgan fingerprint density at radius 3 is 3.00 bits per heavy atom. The summed E-state index contributed by atoms with van der Waals surface area (Å²) in [6.45, 7) is 3.62. The molecule has 2 aliphatic rings. The van der Waals surface area contributed by atoms with E-state index in [1.807, 2.05) is 18.2 Å². The molecule has 3 atom stereocenters. The molecule has 1 N–H and O–H groups in total. The number of hydrogen-bond donors (Lipinski definition) is 1. The van der Waals surface area contributed by atoms with Gasteiger partial charge in [0.15, 0.2) is 0 Å². The molecule has 3 rings (SSSR count). The van der Waals surface area contributed by atoms with Gasteiger partial charge in [0, 0.05) is 25.0 Å². The minimum atomic E-state index is -0.204. The molecule has 1 aliphatic heterocycles. The van der Waals surface area contributed by atoms with E-state index in [9.17, 15) is 5.11 Å². The molecule has 5 heteroatoms. The summed E-state index contributed by atoms with van der Waals surface area (Å²) in [6, 6.07) is 9.74. The van der Waals surface area contributed by atoms with Crippen LogP contribution in [0.3, 0.4) is 0 Å². The maximum Gasteiger partial charge on any atom is 0.137 e. The first-order chi connectivity index (χ1) is 11.3. The largest absolute Gasteiger partial charge is 0.491 e. The molecule has 1 aromatic carbocycles. The summed E-state index contributed by atoms with van der Waals surface area (Å²) in [7, 11) is 0. The zero-order chi connectivity index (χ0) is 16.1. The molecule has 1 saturated carbocycles. The van der Waals surface area contributed by atoms with E-state index in [2.05, 4.69) is 11.0 Å². The first kappa shape index (κ1) is 16.3. The lowest BCUT2D eigenvalue weighted by Gasteiger charge is -2.40. The first-order valence-electron chi connectivity index (χ1n) is 8.41. The fraction of sp³-hybridized carbons (Fsp3) is 0.611. The highest BCUT2D eigenvalue weighted by molar-refractivity contribution is 5.42. The second kappa shape index (κ2) is 7.78. The molecule has 0 amide bonds. The average molecular weight is 316 g/mol. The van der Waals surface area contributed by atoms with E-state index in [-0.39, 0.29) is 12.1 Å². The summed E-state index contributed by atoms with van der Waals surface area (Å²) in [6.07, 6.45) is 2.87. The number of para-hydroxylation sites is 1. The Morgan fingerprint density at radius 2 is 2.22 bits per heavy atom. The molecule has 0 spiro atoms. The van der Waals surface area contributed by atoms with Gasteiger partial charge in [-0.15, -0.1) is 0 Å². The number of aliphatic hydroxyl groups is 1. The molecule has 23 heavy (non-hydrogen) atoms. The standard InChI is InChI=1S/C18H24N2O3/c19-12-14-4-1-2-7-18(14)23-11-9-20-8-10-22-13-16(20)15-5-3-6-17(15)21/h1-2,4,7,15-17,21H,3,5-6,8-11,13H2/t15-,16-,17+/m1/s1. The maximum absolute atomic E-state index is 10.2. The van der Waals surface area contributed by atoms with E-state index in [0.29, 0.717) is 30.4 Å². The van der Waals surface area contributed by atoms with Gasteiger partial charge in [-0.1, -0.05) is 18.6 Å². The van der Waals surface area contributed by atoms with Crippen molar-refractivity contribution in [2.75, 3.05) is 32.9 Å². The van der Waals surface area contributed by atoms with E-state index in [1.54, 1.807) is 6.07 Å². The molecule has 0 bridgehead atoms. The van der Waals surface area contributed by atoms with Crippen molar-refractivity contribution in [3.05, 3.63) is 29.8 Å². The number of rotatable bonds is 5. The highest BCUT2D eigenvalue weighted by Gasteiger charge is 2.37. The number of nitriles is 1. The molecule has 1 heterocycles. The number of benzene rings is 1. The Kier molecular flexibility index (Phi) is 5.50. The molecular formula is C18H24N2O3. The molecule has 0 unspecified atom stereocenters. The molecule has 1 aliphatic carbocycles. The normalized spacial score (nSPS) is 28.4. The fourth-order valence-electron chi connectivity index (χ4n) is 3.70. The SMILES string of the molecule is N#Cc1ccccc1OCCN1CCOC[C@@H]1[C@H]1CCC[C@@H]1O. The van der Waals surface area contributed by atoms with Gasteiger partial charge in [-0.2, -0.15) is 5.26 Å². The van der Waals surface area contributed by atoms with Gasteiger partial charge in [-0.25, -0.2) is 0 Å². The Balaban J connectivity index is 1.56. The lowest BCUT2D eigenvalue weighted by molar-refractivity contribution is -0.0532. The Hall–Kier alpha value is -1.61. The summed E-state index contributed by atoms with van der Waals surface area (Å²) < 4.78 is 11.4. The minimum absolute atomic E-state index is 0.204. The predicted octanol–water partition coefficient (Wildman–Crippen LogP) is 1.80. The van der Waals surface area contributed by atoms with Crippen LogP contribution in [0.4, 0.5) is 0 Å². The maximum atomic E-state index is 10.2. The van der Waals surface area contributed by atoms with Gasteiger partial charge in [0.1, 0.15) is 18.4 Å². The molecule has 0 aromatic heterocycles. The van der Waals surface area contributed by atoms with Crippen molar-refractivity contribution < 1.29 is 14.6 Å². The zero-order valence-electron chi connectivity index (χ0n) is 13.4. The molecule has 2 fully saturated rings. The molecular weight excluding hydrogens is 292 g/mol. The quantitative estimate of drug-likeness (QED) is 0.897. The van der Waals surface area contributed by atoms with Gasteiger partial charge in [0.25, 0.3) is 0 Å². The summed E-state index contributed by atoms with van der Waals surface area (Å²) in [4.78, 5) is 2.37. The summed E-state index contributed by atoms with van der Waals surface area (Å²) in [5, 5.41) is 19.3. The Morgan fingerprint density at radius 1 is 1.35 bits per heavy atom. The van der Waals surface area contributed by atoms with E-state index in [1.165, 1.54) is 0 Å². The van der Waals surface area contributed by atoms with Gasteiger partial charge in [0.2, 0.25) is 0 Å². The van der Waals surface area contributed by atoms with E-state index in [0.717, 1.165) is 39.0 Å². The van der Waals surface area contributed by atoms with Crippen molar-refractivity contribution in [3.8, 4) is 11.8 Å². The fourth-order valence-corrected chi connectivity index (χ4v) is 3.70. The minimum Gasteiger partial charge on any atom is -0.491 e. The predicted molar refractivity (Wildman–Crippen MR) is 86.2 cm³/mol. The van der Waals surface area contributed by atoms with E-state index >= 15 is 0 Å². The topological polar surface area (TPSA) is 65.7 Å². The number of hydrogen-bond acceptors (Lipinski definition) is 5. The van der Waals surface area contributed by atoms with Crippen molar-refractivity contribution in [3.63, 3.8) is 0 Å². The monoisotopic (exact) mass is 316 g/mol. The number of morpholine rings is 1. The lowest BCUT2D eigenvalue weighted by Crippen LogP contribution is -2.52. The molecule has 0 radical (unpaired) electrons. The van der Waals surface area contributed by atoms with Crippen molar-refractivity contribution in [1.82, 2.24) is 4.90 Å². The highest BCUT2D eigenvalue weighted by atomic mass is 16.5. The third-order valence-corrected chi connectivity index (χ3v) is 4.95. The van der Waals surface area contributed by atoms with Crippen LogP contribution in [0.25, 0.3) is 0 Å². The molecule has 1 aromatic rings. The van der Waals surface area contributed by atoms with Crippen molar-refractivity contribution in [2.24, 2.45) is 5.92 Å². The van der Waals surface area contributed by atoms with Crippen LogP contribution in [0.15, 0.2) is 24.3 Å². The van der Waals surface area contributed by atoms with Crippen molar-refractivity contribution in [1.29, 1.82) is 5.26 Å². The van der Waals surface area contributed by atoms with Crippen LogP contribution in [0.5, 0.6) is 5.75 Å². The molecule has 1 saturated heterocycles. The van der Waals surface area contributed by atoms with Crippen molar-refractivity contribution >= 4 is 0 Å². The Bertz CT molecular complexity index is 557. The van der Waals surface area contributed by atoms with Gasteiger partial charge >= 0.3 is 0 Å². The summed E-state index contributed by atoms with van der Waals surface area (Å²) >= 11 is 0. The summed E-state index contributed by atoms with van der Waals surface area (Å²) in [5.74, 6) is 0.947. The first-order valence-corrected chi connectivity index (χ1v) is 8.41.